The van der Waals surface area contributed by atoms with E-state index in [1.54, 1.807) is 6.08 Å². The van der Waals surface area contributed by atoms with E-state index in [2.05, 4.69) is 0 Å². The van der Waals surface area contributed by atoms with Crippen molar-refractivity contribution in [3.05, 3.63) is 77.4 Å². The van der Waals surface area contributed by atoms with Crippen molar-refractivity contribution in [2.24, 2.45) is 0 Å². The van der Waals surface area contributed by atoms with Gasteiger partial charge < -0.3 is 4.74 Å². The number of carbonyl (C=O) groups is 2. The standard InChI is InChI=1S/C18H12O3/c19-11-14(12-20)16-10-18(13-6-2-1-3-7-13)21-17-9-5-4-8-15(16)17/h1-12H. The summed E-state index contributed by atoms with van der Waals surface area (Å²) in [5.41, 5.74) is 2.33. The number of rotatable bonds is 3. The van der Waals surface area contributed by atoms with E-state index in [0.29, 0.717) is 29.7 Å². The molecular formula is C18H12O3. The smallest absolute Gasteiger partial charge is 0.153 e. The molecule has 0 aliphatic carbocycles. The first-order valence-electron chi connectivity index (χ1n) is 6.52. The van der Waals surface area contributed by atoms with Crippen LogP contribution in [0.3, 0.4) is 0 Å². The number of hydrogen-bond acceptors (Lipinski definition) is 3. The summed E-state index contributed by atoms with van der Waals surface area (Å²) in [6.45, 7) is 0. The van der Waals surface area contributed by atoms with Crippen molar-refractivity contribution in [2.75, 3.05) is 0 Å². The van der Waals surface area contributed by atoms with Gasteiger partial charge in [-0.2, -0.15) is 0 Å². The molecule has 0 N–H and O–H groups in total. The molecule has 1 heterocycles. The maximum absolute atomic E-state index is 11.1. The van der Waals surface area contributed by atoms with Crippen LogP contribution in [0.2, 0.25) is 0 Å². The van der Waals surface area contributed by atoms with Gasteiger partial charge in [0.1, 0.15) is 11.5 Å². The number of benzene rings is 2. The van der Waals surface area contributed by atoms with Crippen molar-refractivity contribution in [2.45, 2.75) is 0 Å². The van der Waals surface area contributed by atoms with Crippen LogP contribution >= 0.6 is 0 Å². The number of hydrogen-bond donors (Lipinski definition) is 0. The number of para-hydroxylation sites is 1. The third kappa shape index (κ3) is 2.41. The van der Waals surface area contributed by atoms with E-state index in [1.807, 2.05) is 54.6 Å². The highest BCUT2D eigenvalue weighted by Gasteiger charge is 2.20. The third-order valence-corrected chi connectivity index (χ3v) is 3.30. The maximum Gasteiger partial charge on any atom is 0.153 e. The average Bonchev–Trinajstić information content (AvgIpc) is 2.56. The van der Waals surface area contributed by atoms with E-state index in [-0.39, 0.29) is 5.57 Å². The first-order valence-corrected chi connectivity index (χ1v) is 6.52. The lowest BCUT2D eigenvalue weighted by Crippen LogP contribution is -2.06. The Bertz CT molecular complexity index is 745. The van der Waals surface area contributed by atoms with Gasteiger partial charge in [0, 0.05) is 16.7 Å². The Balaban J connectivity index is 2.21. The molecule has 0 bridgehead atoms. The fourth-order valence-electron chi connectivity index (χ4n) is 2.27. The highest BCUT2D eigenvalue weighted by atomic mass is 16.5. The molecule has 0 radical (unpaired) electrons. The van der Waals surface area contributed by atoms with E-state index >= 15 is 0 Å². The topological polar surface area (TPSA) is 43.4 Å². The minimum atomic E-state index is 0.110. The number of allylic oxidation sites excluding steroid dienone is 3. The summed E-state index contributed by atoms with van der Waals surface area (Å²) in [5.74, 6) is 1.25. The SMILES string of the molecule is O=CC(C=O)=C1C=C(c2ccccc2)Oc2ccccc21. The van der Waals surface area contributed by atoms with Crippen molar-refractivity contribution >= 4 is 23.9 Å². The predicted molar refractivity (Wildman–Crippen MR) is 80.5 cm³/mol. The van der Waals surface area contributed by atoms with Crippen molar-refractivity contribution in [3.8, 4) is 5.75 Å². The molecular weight excluding hydrogens is 264 g/mol. The third-order valence-electron chi connectivity index (χ3n) is 3.30. The number of aldehydes is 2. The molecule has 0 atom stereocenters. The second-order valence-corrected chi connectivity index (χ2v) is 4.58. The van der Waals surface area contributed by atoms with Crippen LogP contribution in [0.15, 0.2) is 66.2 Å². The van der Waals surface area contributed by atoms with Crippen LogP contribution in [-0.2, 0) is 9.59 Å². The second kappa shape index (κ2) is 5.59. The van der Waals surface area contributed by atoms with Crippen molar-refractivity contribution in [1.29, 1.82) is 0 Å². The summed E-state index contributed by atoms with van der Waals surface area (Å²) in [6.07, 6.45) is 2.88. The fourth-order valence-corrected chi connectivity index (χ4v) is 2.27. The molecule has 3 nitrogen and oxygen atoms in total. The molecule has 0 fully saturated rings. The first kappa shape index (κ1) is 13.1. The molecule has 1 aliphatic heterocycles. The Morgan fingerprint density at radius 3 is 2.24 bits per heavy atom. The zero-order chi connectivity index (χ0) is 14.7. The molecule has 0 amide bonds. The van der Waals surface area contributed by atoms with Gasteiger partial charge in [-0.05, 0) is 12.1 Å². The molecule has 0 spiro atoms. The van der Waals surface area contributed by atoms with Crippen LogP contribution in [0, 0.1) is 0 Å². The zero-order valence-electron chi connectivity index (χ0n) is 11.2. The summed E-state index contributed by atoms with van der Waals surface area (Å²) in [5, 5.41) is 0. The molecule has 2 aromatic rings. The van der Waals surface area contributed by atoms with E-state index < -0.39 is 0 Å². The Labute approximate surface area is 122 Å². The maximum atomic E-state index is 11.1. The van der Waals surface area contributed by atoms with Crippen molar-refractivity contribution in [3.63, 3.8) is 0 Å². The number of ether oxygens (including phenoxy) is 1. The molecule has 3 rings (SSSR count). The summed E-state index contributed by atoms with van der Waals surface area (Å²) >= 11 is 0. The molecule has 0 aromatic heterocycles. The Morgan fingerprint density at radius 1 is 0.857 bits per heavy atom. The Kier molecular flexibility index (Phi) is 3.48. The van der Waals surface area contributed by atoms with Crippen LogP contribution in [-0.4, -0.2) is 12.6 Å². The lowest BCUT2D eigenvalue weighted by Gasteiger charge is -2.20. The van der Waals surface area contributed by atoms with Gasteiger partial charge >= 0.3 is 0 Å². The van der Waals surface area contributed by atoms with E-state index in [4.69, 9.17) is 4.74 Å². The number of fused-ring (bicyclic) bond motifs is 1. The quantitative estimate of drug-likeness (QED) is 0.374. The van der Waals surface area contributed by atoms with Crippen LogP contribution in [0.1, 0.15) is 11.1 Å². The molecule has 2 aromatic carbocycles. The average molecular weight is 276 g/mol. The minimum absolute atomic E-state index is 0.110. The molecule has 3 heteroatoms. The molecule has 1 aliphatic rings. The normalized spacial score (nSPS) is 12.8. The van der Waals surface area contributed by atoms with Crippen LogP contribution in [0.4, 0.5) is 0 Å². The second-order valence-electron chi connectivity index (χ2n) is 4.58. The van der Waals surface area contributed by atoms with Gasteiger partial charge in [0.05, 0.1) is 5.57 Å². The van der Waals surface area contributed by atoms with Gasteiger partial charge in [0.2, 0.25) is 0 Å². The zero-order valence-corrected chi connectivity index (χ0v) is 11.2. The first-order chi connectivity index (χ1) is 10.3. The van der Waals surface area contributed by atoms with Gasteiger partial charge in [0.15, 0.2) is 12.6 Å². The summed E-state index contributed by atoms with van der Waals surface area (Å²) < 4.78 is 5.88. The van der Waals surface area contributed by atoms with Gasteiger partial charge in [-0.3, -0.25) is 9.59 Å². The summed E-state index contributed by atoms with van der Waals surface area (Å²) in [7, 11) is 0. The van der Waals surface area contributed by atoms with Gasteiger partial charge in [-0.15, -0.1) is 0 Å². The summed E-state index contributed by atoms with van der Waals surface area (Å²) in [4.78, 5) is 22.3. The lowest BCUT2D eigenvalue weighted by molar-refractivity contribution is -0.109. The molecule has 0 saturated carbocycles. The Morgan fingerprint density at radius 2 is 1.52 bits per heavy atom. The van der Waals surface area contributed by atoms with E-state index in [1.165, 1.54) is 0 Å². The largest absolute Gasteiger partial charge is 0.456 e. The molecule has 102 valence electrons. The molecule has 0 unspecified atom stereocenters. The minimum Gasteiger partial charge on any atom is -0.456 e. The van der Waals surface area contributed by atoms with Gasteiger partial charge in [-0.25, -0.2) is 0 Å². The molecule has 21 heavy (non-hydrogen) atoms. The Hall–Kier alpha value is -2.94. The molecule has 0 saturated heterocycles. The number of carbonyl (C=O) groups excluding carboxylic acids is 2. The predicted octanol–water partition coefficient (Wildman–Crippen LogP) is 3.27. The highest BCUT2D eigenvalue weighted by molar-refractivity contribution is 6.11. The monoisotopic (exact) mass is 276 g/mol. The lowest BCUT2D eigenvalue weighted by atomic mass is 9.96. The van der Waals surface area contributed by atoms with Crippen LogP contribution in [0.25, 0.3) is 11.3 Å². The van der Waals surface area contributed by atoms with Crippen LogP contribution in [0.5, 0.6) is 5.75 Å². The fraction of sp³-hybridized carbons (Fsp3) is 0. The van der Waals surface area contributed by atoms with Crippen molar-refractivity contribution < 1.29 is 14.3 Å². The van der Waals surface area contributed by atoms with Gasteiger partial charge in [0.25, 0.3) is 0 Å². The highest BCUT2D eigenvalue weighted by Crippen LogP contribution is 2.37. The van der Waals surface area contributed by atoms with Crippen molar-refractivity contribution in [1.82, 2.24) is 0 Å². The van der Waals surface area contributed by atoms with Crippen LogP contribution < -0.4 is 4.74 Å². The van der Waals surface area contributed by atoms with E-state index in [9.17, 15) is 9.59 Å². The van der Waals surface area contributed by atoms with Gasteiger partial charge in [-0.1, -0.05) is 48.5 Å². The van der Waals surface area contributed by atoms with E-state index in [0.717, 1.165) is 11.1 Å². The summed E-state index contributed by atoms with van der Waals surface area (Å²) in [6, 6.07) is 16.9.